The van der Waals surface area contributed by atoms with Gasteiger partial charge in [0.2, 0.25) is 21.8 Å². The summed E-state index contributed by atoms with van der Waals surface area (Å²) in [6.07, 6.45) is 5.61. The van der Waals surface area contributed by atoms with Crippen LogP contribution in [0, 0.1) is 11.8 Å². The van der Waals surface area contributed by atoms with Gasteiger partial charge < -0.3 is 11.1 Å². The van der Waals surface area contributed by atoms with Crippen molar-refractivity contribution in [2.24, 2.45) is 11.1 Å². The Balaban J connectivity index is 1.59. The van der Waals surface area contributed by atoms with E-state index in [1.165, 1.54) is 22.9 Å². The molecule has 2 aliphatic rings. The van der Waals surface area contributed by atoms with Gasteiger partial charge in [-0.15, -0.1) is 0 Å². The van der Waals surface area contributed by atoms with E-state index in [9.17, 15) is 22.8 Å². The van der Waals surface area contributed by atoms with Crippen LogP contribution in [0.5, 0.6) is 0 Å². The third kappa shape index (κ3) is 4.89. The van der Waals surface area contributed by atoms with E-state index in [1.807, 2.05) is 0 Å². The topological polar surface area (TPSA) is 127 Å². The molecule has 1 heterocycles. The maximum atomic E-state index is 12.8. The molecule has 2 amide bonds. The third-order valence-corrected chi connectivity index (χ3v) is 7.94. The fourth-order valence-corrected chi connectivity index (χ4v) is 5.68. The number of nitrogens with two attached hydrogens (primary N) is 1. The molecule has 0 spiro atoms. The van der Waals surface area contributed by atoms with Gasteiger partial charge in [-0.3, -0.25) is 14.4 Å². The number of rotatable bonds is 7. The van der Waals surface area contributed by atoms with Crippen molar-refractivity contribution in [1.29, 1.82) is 0 Å². The van der Waals surface area contributed by atoms with E-state index in [1.54, 1.807) is 18.2 Å². The summed E-state index contributed by atoms with van der Waals surface area (Å²) in [6, 6.07) is 7.23. The predicted molar refractivity (Wildman–Crippen MR) is 110 cm³/mol. The van der Waals surface area contributed by atoms with E-state index in [0.29, 0.717) is 25.7 Å². The Kier molecular flexibility index (Phi) is 6.92. The minimum absolute atomic E-state index is 0.141. The number of nitrogens with one attached hydrogen (secondary N) is 1. The molecular weight excluding hydrogens is 406 g/mol. The summed E-state index contributed by atoms with van der Waals surface area (Å²) in [5.74, 6) is -1.17. The molecule has 8 nitrogen and oxygen atoms in total. The highest BCUT2D eigenvalue weighted by atomic mass is 32.2. The van der Waals surface area contributed by atoms with Gasteiger partial charge in [-0.2, -0.15) is 4.31 Å². The molecule has 1 aromatic rings. The highest BCUT2D eigenvalue weighted by Gasteiger charge is 2.40. The van der Waals surface area contributed by atoms with E-state index in [2.05, 4.69) is 5.32 Å². The highest BCUT2D eigenvalue weighted by molar-refractivity contribution is 7.89. The molecule has 0 bridgehead atoms. The maximum absolute atomic E-state index is 12.8. The number of ketones is 1. The monoisotopic (exact) mass is 434 g/mol. The van der Waals surface area contributed by atoms with Crippen molar-refractivity contribution in [2.45, 2.75) is 55.9 Å². The average Bonchev–Trinajstić information content (AvgIpc) is 3.14. The van der Waals surface area contributed by atoms with Gasteiger partial charge in [-0.05, 0) is 44.2 Å². The van der Waals surface area contributed by atoms with Gasteiger partial charge in [0.25, 0.3) is 0 Å². The first kappa shape index (κ1) is 22.4. The van der Waals surface area contributed by atoms with Crippen molar-refractivity contribution >= 4 is 27.6 Å². The van der Waals surface area contributed by atoms with E-state index in [-0.39, 0.29) is 30.2 Å². The summed E-state index contributed by atoms with van der Waals surface area (Å²) in [5, 5.41) is 2.68. The predicted octanol–water partition coefficient (Wildman–Crippen LogP) is 1.17. The first-order valence-electron chi connectivity index (χ1n) is 10.3. The second-order valence-corrected chi connectivity index (χ2v) is 10.0. The lowest BCUT2D eigenvalue weighted by atomic mass is 9.80. The van der Waals surface area contributed by atoms with Gasteiger partial charge in [0.1, 0.15) is 0 Å². The van der Waals surface area contributed by atoms with Crippen LogP contribution in [0.15, 0.2) is 35.2 Å². The second-order valence-electron chi connectivity index (χ2n) is 8.08. The van der Waals surface area contributed by atoms with Crippen LogP contribution in [0.2, 0.25) is 0 Å². The number of hydrogen-bond donors (Lipinski definition) is 2. The summed E-state index contributed by atoms with van der Waals surface area (Å²) < 4.78 is 26.8. The summed E-state index contributed by atoms with van der Waals surface area (Å²) in [5.41, 5.74) is 4.87. The lowest BCUT2D eigenvalue weighted by Gasteiger charge is -2.25. The molecule has 1 aromatic carbocycles. The number of carbonyl (C=O) groups is 3. The van der Waals surface area contributed by atoms with Crippen molar-refractivity contribution in [2.75, 3.05) is 13.1 Å². The standard InChI is InChI=1S/C21H28N3O5S/c22-20(27)21(11-4-5-12-21)13-10-19(26)23-17-9-6-14-24(15-18(17)25)30(28,29)16-7-2-1-3-8-16/h1-3,7-8,10,17H,4-6,9,11-15H2,(H2,22,27)(H,23,26)/t17-/m0/s1. The molecule has 2 fully saturated rings. The normalized spacial score (nSPS) is 22.4. The fourth-order valence-electron chi connectivity index (χ4n) is 4.22. The van der Waals surface area contributed by atoms with E-state index >= 15 is 0 Å². The number of amides is 2. The zero-order chi connectivity index (χ0) is 21.8. The van der Waals surface area contributed by atoms with Gasteiger partial charge >= 0.3 is 0 Å². The van der Waals surface area contributed by atoms with E-state index in [4.69, 9.17) is 5.73 Å². The Bertz CT molecular complexity index is 894. The zero-order valence-electron chi connectivity index (χ0n) is 16.9. The van der Waals surface area contributed by atoms with Crippen LogP contribution in [0.1, 0.15) is 44.9 Å². The Morgan fingerprint density at radius 3 is 2.47 bits per heavy atom. The van der Waals surface area contributed by atoms with Crippen LogP contribution in [-0.2, 0) is 24.4 Å². The minimum Gasteiger partial charge on any atom is -0.369 e. The number of hydrogen-bond acceptors (Lipinski definition) is 5. The van der Waals surface area contributed by atoms with Crippen molar-refractivity contribution in [3.63, 3.8) is 0 Å². The Morgan fingerprint density at radius 2 is 1.83 bits per heavy atom. The first-order valence-corrected chi connectivity index (χ1v) is 11.7. The maximum Gasteiger partial charge on any atom is 0.243 e. The average molecular weight is 435 g/mol. The first-order chi connectivity index (χ1) is 14.2. The van der Waals surface area contributed by atoms with Gasteiger partial charge in [0.05, 0.1) is 23.9 Å². The third-order valence-electron chi connectivity index (χ3n) is 6.08. The SMILES string of the molecule is NC(=O)C1(C[CH]C(=O)N[C@H]2CCCN(S(=O)(=O)c3ccccc3)CC2=O)CCCC1. The number of primary amides is 1. The number of Topliss-reactive ketones (excluding diaryl/α,β-unsaturated/α-hetero) is 1. The van der Waals surface area contributed by atoms with Gasteiger partial charge in [-0.1, -0.05) is 31.0 Å². The molecule has 3 rings (SSSR count). The van der Waals surface area contributed by atoms with Crippen molar-refractivity contribution < 1.29 is 22.8 Å². The molecule has 1 atom stereocenters. The molecule has 163 valence electrons. The van der Waals surface area contributed by atoms with Gasteiger partial charge in [0, 0.05) is 12.0 Å². The van der Waals surface area contributed by atoms with Crippen LogP contribution < -0.4 is 11.1 Å². The van der Waals surface area contributed by atoms with Crippen LogP contribution in [0.4, 0.5) is 0 Å². The van der Waals surface area contributed by atoms with Crippen LogP contribution in [-0.4, -0.2) is 49.5 Å². The van der Waals surface area contributed by atoms with Crippen LogP contribution >= 0.6 is 0 Å². The summed E-state index contributed by atoms with van der Waals surface area (Å²) in [4.78, 5) is 37.0. The molecule has 1 aliphatic heterocycles. The largest absolute Gasteiger partial charge is 0.369 e. The number of nitrogens with zero attached hydrogens (tertiary/aromatic N) is 1. The lowest BCUT2D eigenvalue weighted by molar-refractivity contribution is -0.128. The molecule has 1 radical (unpaired) electrons. The summed E-state index contributed by atoms with van der Waals surface area (Å²) in [6.45, 7) is -0.0722. The molecule has 30 heavy (non-hydrogen) atoms. The Labute approximate surface area is 177 Å². The molecule has 3 N–H and O–H groups in total. The molecule has 1 aliphatic carbocycles. The van der Waals surface area contributed by atoms with Crippen molar-refractivity contribution in [1.82, 2.24) is 9.62 Å². The van der Waals surface area contributed by atoms with Gasteiger partial charge in [-0.25, -0.2) is 8.42 Å². The molecule has 1 saturated heterocycles. The fraction of sp³-hybridized carbons (Fsp3) is 0.524. The van der Waals surface area contributed by atoms with Crippen molar-refractivity contribution in [3.8, 4) is 0 Å². The Hall–Kier alpha value is -2.26. The number of sulfonamides is 1. The second kappa shape index (κ2) is 9.26. The zero-order valence-corrected chi connectivity index (χ0v) is 17.7. The molecule has 0 unspecified atom stereocenters. The number of carbonyl (C=O) groups excluding carboxylic acids is 3. The van der Waals surface area contributed by atoms with Crippen molar-refractivity contribution in [3.05, 3.63) is 36.8 Å². The van der Waals surface area contributed by atoms with Gasteiger partial charge in [0.15, 0.2) is 5.78 Å². The molecular formula is C21H28N3O5S. The smallest absolute Gasteiger partial charge is 0.243 e. The van der Waals surface area contributed by atoms with E-state index in [0.717, 1.165) is 12.8 Å². The van der Waals surface area contributed by atoms with Crippen LogP contribution in [0.25, 0.3) is 0 Å². The quantitative estimate of drug-likeness (QED) is 0.666. The summed E-state index contributed by atoms with van der Waals surface area (Å²) >= 11 is 0. The molecule has 0 aromatic heterocycles. The van der Waals surface area contributed by atoms with E-state index < -0.39 is 33.3 Å². The Morgan fingerprint density at radius 1 is 1.17 bits per heavy atom. The lowest BCUT2D eigenvalue weighted by Crippen LogP contribution is -2.45. The number of benzene rings is 1. The summed E-state index contributed by atoms with van der Waals surface area (Å²) in [7, 11) is -3.77. The van der Waals surface area contributed by atoms with Crippen LogP contribution in [0.3, 0.4) is 0 Å². The minimum atomic E-state index is -3.77. The molecule has 1 saturated carbocycles. The molecule has 9 heteroatoms. The highest BCUT2D eigenvalue weighted by Crippen LogP contribution is 2.41.